The Morgan fingerprint density at radius 2 is 1.48 bits per heavy atom. The molecule has 2 aromatic heterocycles. The monoisotopic (exact) mass is 354 g/mol. The van der Waals surface area contributed by atoms with Crippen molar-refractivity contribution >= 4 is 16.5 Å². The van der Waals surface area contributed by atoms with Gasteiger partial charge in [0.1, 0.15) is 23.9 Å². The summed E-state index contributed by atoms with van der Waals surface area (Å²) in [5.41, 5.74) is 3.32. The zero-order chi connectivity index (χ0) is 17.0. The van der Waals surface area contributed by atoms with Crippen molar-refractivity contribution in [2.24, 2.45) is 0 Å². The Bertz CT molecular complexity index is 766. The molecule has 6 nitrogen and oxygen atoms in total. The van der Waals surface area contributed by atoms with Crippen LogP contribution in [0.15, 0.2) is 59.8 Å². The molecule has 2 heterocycles. The minimum Gasteiger partial charge on any atom is -0.260 e. The molecule has 0 fully saturated rings. The molecule has 0 aliphatic heterocycles. The minimum absolute atomic E-state index is 0.166. The second kappa shape index (κ2) is 7.31. The van der Waals surface area contributed by atoms with Crippen molar-refractivity contribution in [3.63, 3.8) is 0 Å². The van der Waals surface area contributed by atoms with Crippen LogP contribution in [0.3, 0.4) is 0 Å². The molecule has 0 radical (unpaired) electrons. The molecule has 0 amide bonds. The molecule has 3 aromatic rings. The molecule has 122 valence electrons. The van der Waals surface area contributed by atoms with E-state index in [0.29, 0.717) is 0 Å². The second-order valence-electron chi connectivity index (χ2n) is 4.75. The van der Waals surface area contributed by atoms with Crippen molar-refractivity contribution in [2.45, 2.75) is 5.03 Å². The van der Waals surface area contributed by atoms with Crippen molar-refractivity contribution < 1.29 is 28.9 Å². The van der Waals surface area contributed by atoms with E-state index in [1.165, 1.54) is 10.6 Å². The number of pyridine rings is 1. The summed E-state index contributed by atoms with van der Waals surface area (Å²) in [5.74, 6) is 0. The van der Waals surface area contributed by atoms with Crippen LogP contribution < -0.4 is 18.6 Å². The molecular weight excluding hydrogens is 340 g/mol. The first-order chi connectivity index (χ1) is 10.8. The highest BCUT2D eigenvalue weighted by atomic mass is 35.7. The first kappa shape index (κ1) is 17.7. The predicted octanol–water partition coefficient (Wildman–Crippen LogP) is -1.52. The molecule has 0 bridgehead atoms. The Balaban J connectivity index is 0.000000338. The van der Waals surface area contributed by atoms with E-state index in [9.17, 15) is 0 Å². The number of halogens is 1. The molecule has 0 saturated heterocycles. The number of rotatable bonds is 2. The summed E-state index contributed by atoms with van der Waals surface area (Å²) in [7, 11) is -4.78. The minimum atomic E-state index is -4.94. The maximum absolute atomic E-state index is 8.49. The van der Waals surface area contributed by atoms with E-state index in [0.717, 1.165) is 11.3 Å². The van der Waals surface area contributed by atoms with Crippen LogP contribution in [-0.2, 0) is 10.9 Å². The van der Waals surface area contributed by atoms with Crippen molar-refractivity contribution in [1.29, 1.82) is 0 Å². The summed E-state index contributed by atoms with van der Waals surface area (Å²) in [4.78, 5) is 4.77. The van der Waals surface area contributed by atoms with Gasteiger partial charge < -0.3 is 0 Å². The fourth-order valence-electron chi connectivity index (χ4n) is 2.15. The van der Waals surface area contributed by atoms with Crippen LogP contribution in [0.4, 0.5) is 0 Å². The summed E-state index contributed by atoms with van der Waals surface area (Å²) in [6, 6.07) is 16.6. The normalized spacial score (nSPS) is 11.4. The van der Waals surface area contributed by atoms with E-state index >= 15 is 0 Å². The van der Waals surface area contributed by atoms with Gasteiger partial charge in [0.25, 0.3) is 5.03 Å². The van der Waals surface area contributed by atoms with Crippen molar-refractivity contribution in [3.05, 3.63) is 54.7 Å². The van der Waals surface area contributed by atoms with Gasteiger partial charge in [-0.1, -0.05) is 36.4 Å². The van der Waals surface area contributed by atoms with Crippen molar-refractivity contribution in [1.82, 2.24) is 9.38 Å². The van der Waals surface area contributed by atoms with Gasteiger partial charge in [-0.2, -0.15) is 0 Å². The average Bonchev–Trinajstić information content (AvgIpc) is 2.86. The third kappa shape index (κ3) is 4.93. The molecule has 0 aliphatic rings. The fraction of sp³-hybridized carbons (Fsp3) is 0.133. The lowest BCUT2D eigenvalue weighted by Gasteiger charge is -2.17. The molecule has 8 heteroatoms. The van der Waals surface area contributed by atoms with Gasteiger partial charge in [0, 0.05) is 22.7 Å². The zero-order valence-electron chi connectivity index (χ0n) is 12.5. The largest absolute Gasteiger partial charge is 0.260 e. The topological polar surface area (TPSA) is 110 Å². The highest BCUT2D eigenvalue weighted by Crippen LogP contribution is 2.27. The van der Waals surface area contributed by atoms with Gasteiger partial charge in [-0.3, -0.25) is 4.40 Å². The molecule has 0 atom stereocenters. The fourth-order valence-corrected chi connectivity index (χ4v) is 3.25. The summed E-state index contributed by atoms with van der Waals surface area (Å²) in [6.07, 6.45) is 6.57. The number of aromatic nitrogens is 2. The first-order valence-electron chi connectivity index (χ1n) is 6.49. The Morgan fingerprint density at radius 3 is 2.04 bits per heavy atom. The zero-order valence-corrected chi connectivity index (χ0v) is 14.1. The van der Waals surface area contributed by atoms with Crippen LogP contribution in [0.2, 0.25) is 0 Å². The van der Waals surface area contributed by atoms with E-state index in [4.69, 9.17) is 23.6 Å². The lowest BCUT2D eigenvalue weighted by Crippen LogP contribution is -2.68. The van der Waals surface area contributed by atoms with E-state index in [1.54, 1.807) is 0 Å². The van der Waals surface area contributed by atoms with Crippen LogP contribution in [0.5, 0.6) is 0 Å². The van der Waals surface area contributed by atoms with Crippen LogP contribution in [0, 0.1) is 10.2 Å². The Kier molecular flexibility index (Phi) is 5.64. The van der Waals surface area contributed by atoms with Crippen molar-refractivity contribution in [3.8, 4) is 11.3 Å². The highest BCUT2D eigenvalue weighted by molar-refractivity contribution is 7.95. The van der Waals surface area contributed by atoms with Crippen LogP contribution in [-0.4, -0.2) is 21.9 Å². The molecule has 0 unspecified atom stereocenters. The molecule has 0 N–H and O–H groups in total. The molecule has 23 heavy (non-hydrogen) atoms. The van der Waals surface area contributed by atoms with Gasteiger partial charge in [-0.25, -0.2) is 23.6 Å². The number of fused-ring (bicyclic) bond motifs is 1. The molecule has 0 saturated carbocycles. The van der Waals surface area contributed by atoms with Gasteiger partial charge in [0.2, 0.25) is 0 Å². The molecule has 0 aliphatic carbocycles. The number of benzene rings is 1. The SMILES string of the molecule is C[S+](C)c1c(-c2ccccc2)nc2ccccn12.[O-][Cl+3]([O-])([O-])[O-]. The third-order valence-corrected chi connectivity index (χ3v) is 4.08. The van der Waals surface area contributed by atoms with Gasteiger partial charge >= 0.3 is 0 Å². The number of hydrogen-bond donors (Lipinski definition) is 0. The Labute approximate surface area is 138 Å². The van der Waals surface area contributed by atoms with E-state index in [-0.39, 0.29) is 10.9 Å². The van der Waals surface area contributed by atoms with E-state index in [1.807, 2.05) is 12.1 Å². The van der Waals surface area contributed by atoms with Gasteiger partial charge in [0.05, 0.1) is 0 Å². The molecule has 0 spiro atoms. The van der Waals surface area contributed by atoms with Crippen LogP contribution in [0.25, 0.3) is 16.9 Å². The van der Waals surface area contributed by atoms with E-state index < -0.39 is 10.2 Å². The maximum atomic E-state index is 8.49. The first-order valence-corrected chi connectivity index (χ1v) is 9.77. The lowest BCUT2D eigenvalue weighted by atomic mass is 10.2. The summed E-state index contributed by atoms with van der Waals surface area (Å²) < 4.78 is 36.2. The Morgan fingerprint density at radius 1 is 0.913 bits per heavy atom. The average molecular weight is 355 g/mol. The smallest absolute Gasteiger partial charge is 0.259 e. The number of nitrogens with zero attached hydrogens (tertiary/aromatic N) is 2. The van der Waals surface area contributed by atoms with Gasteiger partial charge in [-0.15, -0.1) is 10.2 Å². The van der Waals surface area contributed by atoms with Crippen molar-refractivity contribution in [2.75, 3.05) is 12.5 Å². The number of hydrogen-bond acceptors (Lipinski definition) is 5. The Hall–Kier alpha value is -1.61. The molecule has 3 rings (SSSR count). The lowest BCUT2D eigenvalue weighted by molar-refractivity contribution is -2.00. The van der Waals surface area contributed by atoms with E-state index in [2.05, 4.69) is 59.5 Å². The van der Waals surface area contributed by atoms with Crippen LogP contribution in [0.1, 0.15) is 0 Å². The summed E-state index contributed by atoms with van der Waals surface area (Å²) in [5, 5.41) is 1.30. The quantitative estimate of drug-likeness (QED) is 0.519. The summed E-state index contributed by atoms with van der Waals surface area (Å²) >= 11 is 0. The predicted molar refractivity (Wildman–Crippen MR) is 78.1 cm³/mol. The number of imidazole rings is 1. The van der Waals surface area contributed by atoms with Gasteiger partial charge in [-0.05, 0) is 12.1 Å². The third-order valence-electron chi connectivity index (χ3n) is 2.92. The highest BCUT2D eigenvalue weighted by Gasteiger charge is 2.23. The molecular formula is C15H15ClN2O4S. The summed E-state index contributed by atoms with van der Waals surface area (Å²) in [6.45, 7) is 0. The molecule has 1 aromatic carbocycles. The standard InChI is InChI=1S/C15H15N2S.ClHO4/c1-18(2)15-14(12-8-4-3-5-9-12)16-13-10-6-7-11-17(13)15;2-1(3,4)5/h3-11H,1-2H3;(H,2,3,4,5)/q+1;/p-1. The second-order valence-corrected chi connectivity index (χ2v) is 7.53. The van der Waals surface area contributed by atoms with Crippen LogP contribution >= 0.6 is 0 Å². The maximum Gasteiger partial charge on any atom is 0.259 e. The van der Waals surface area contributed by atoms with Gasteiger partial charge in [0.15, 0.2) is 0 Å².